The number of hydrogen-bond donors (Lipinski definition) is 2. The van der Waals surface area contributed by atoms with Gasteiger partial charge in [0, 0.05) is 31.4 Å². The van der Waals surface area contributed by atoms with Crippen molar-refractivity contribution in [1.82, 2.24) is 0 Å². The highest BCUT2D eigenvalue weighted by Gasteiger charge is 2.24. The molecule has 0 aromatic heterocycles. The largest absolute Gasteiger partial charge is 0.379 e. The van der Waals surface area contributed by atoms with Crippen LogP contribution in [0.5, 0.6) is 0 Å². The van der Waals surface area contributed by atoms with E-state index in [1.165, 1.54) is 24.3 Å². The molecule has 1 heterocycles. The van der Waals surface area contributed by atoms with E-state index in [0.29, 0.717) is 6.54 Å². The van der Waals surface area contributed by atoms with Gasteiger partial charge in [0.05, 0.1) is 9.82 Å². The van der Waals surface area contributed by atoms with Crippen molar-refractivity contribution in [3.05, 3.63) is 58.4 Å². The summed E-state index contributed by atoms with van der Waals surface area (Å²) in [6.45, 7) is 2.04. The second kappa shape index (κ2) is 7.49. The molecule has 10 heteroatoms. The Labute approximate surface area is 156 Å². The van der Waals surface area contributed by atoms with Gasteiger partial charge in [-0.1, -0.05) is 0 Å². The van der Waals surface area contributed by atoms with Crippen molar-refractivity contribution in [3.63, 3.8) is 0 Å². The fraction of sp³-hybridized carbons (Fsp3) is 0.294. The SMILES string of the molecule is NS(=O)(=O)c1ccc(NCC2CCN(c3ccc(F)cc3)C2)c([N+](=O)[O-])c1. The summed E-state index contributed by atoms with van der Waals surface area (Å²) in [6.07, 6.45) is 0.882. The summed E-state index contributed by atoms with van der Waals surface area (Å²) in [5, 5.41) is 19.3. The molecule has 1 atom stereocenters. The molecule has 0 radical (unpaired) electrons. The average molecular weight is 394 g/mol. The van der Waals surface area contributed by atoms with Crippen LogP contribution in [0.3, 0.4) is 0 Å². The lowest BCUT2D eigenvalue weighted by Gasteiger charge is -2.19. The summed E-state index contributed by atoms with van der Waals surface area (Å²) in [7, 11) is -4.01. The lowest BCUT2D eigenvalue weighted by Crippen LogP contribution is -2.22. The molecule has 1 aliphatic rings. The van der Waals surface area contributed by atoms with Gasteiger partial charge < -0.3 is 10.2 Å². The molecule has 1 aliphatic heterocycles. The fourth-order valence-corrected chi connectivity index (χ4v) is 3.66. The van der Waals surface area contributed by atoms with E-state index in [4.69, 9.17) is 5.14 Å². The van der Waals surface area contributed by atoms with Crippen molar-refractivity contribution in [2.45, 2.75) is 11.3 Å². The first-order valence-electron chi connectivity index (χ1n) is 8.29. The van der Waals surface area contributed by atoms with Gasteiger partial charge in [0.1, 0.15) is 11.5 Å². The molecular weight excluding hydrogens is 375 g/mol. The zero-order valence-electron chi connectivity index (χ0n) is 14.3. The van der Waals surface area contributed by atoms with Crippen LogP contribution < -0.4 is 15.4 Å². The van der Waals surface area contributed by atoms with Crippen LogP contribution in [0.4, 0.5) is 21.5 Å². The number of rotatable bonds is 6. The van der Waals surface area contributed by atoms with Crippen molar-refractivity contribution in [2.75, 3.05) is 29.9 Å². The minimum Gasteiger partial charge on any atom is -0.379 e. The first kappa shape index (κ1) is 19.1. The molecule has 27 heavy (non-hydrogen) atoms. The van der Waals surface area contributed by atoms with Crippen LogP contribution >= 0.6 is 0 Å². The van der Waals surface area contributed by atoms with E-state index in [1.807, 2.05) is 0 Å². The minimum absolute atomic E-state index is 0.243. The standard InChI is InChI=1S/C17H19FN4O4S/c18-13-1-3-14(4-2-13)21-8-7-12(11-21)10-20-16-6-5-15(27(19,25)26)9-17(16)22(23)24/h1-6,9,12,20H,7-8,10-11H2,(H2,19,25,26). The summed E-state index contributed by atoms with van der Waals surface area (Å²) in [6, 6.07) is 9.82. The number of nitro groups is 1. The number of nitro benzene ring substituents is 1. The van der Waals surface area contributed by atoms with Gasteiger partial charge in [0.2, 0.25) is 10.0 Å². The summed E-state index contributed by atoms with van der Waals surface area (Å²) in [5.74, 6) is -0.0426. The maximum atomic E-state index is 13.0. The Bertz CT molecular complexity index is 950. The smallest absolute Gasteiger partial charge is 0.293 e. The molecule has 0 amide bonds. The van der Waals surface area contributed by atoms with E-state index in [9.17, 15) is 22.9 Å². The molecule has 1 fully saturated rings. The molecule has 0 aliphatic carbocycles. The summed E-state index contributed by atoms with van der Waals surface area (Å²) in [4.78, 5) is 12.4. The first-order chi connectivity index (χ1) is 12.7. The zero-order chi connectivity index (χ0) is 19.6. The normalized spacial score (nSPS) is 17.1. The van der Waals surface area contributed by atoms with E-state index in [1.54, 1.807) is 12.1 Å². The van der Waals surface area contributed by atoms with E-state index in [-0.39, 0.29) is 28.0 Å². The third kappa shape index (κ3) is 4.52. The second-order valence-corrected chi connectivity index (χ2v) is 8.00. The molecule has 0 spiro atoms. The predicted octanol–water partition coefficient (Wildman–Crippen LogP) is 2.32. The number of nitrogens with two attached hydrogens (primary N) is 1. The lowest BCUT2D eigenvalue weighted by atomic mass is 10.1. The molecular formula is C17H19FN4O4S. The average Bonchev–Trinajstić information content (AvgIpc) is 3.08. The number of nitrogens with zero attached hydrogens (tertiary/aromatic N) is 2. The van der Waals surface area contributed by atoms with Gasteiger partial charge in [0.15, 0.2) is 0 Å². The van der Waals surface area contributed by atoms with Crippen LogP contribution in [-0.4, -0.2) is 33.0 Å². The predicted molar refractivity (Wildman–Crippen MR) is 99.7 cm³/mol. The summed E-state index contributed by atoms with van der Waals surface area (Å²) in [5.41, 5.74) is 0.838. The van der Waals surface area contributed by atoms with E-state index < -0.39 is 14.9 Å². The summed E-state index contributed by atoms with van der Waals surface area (Å²) < 4.78 is 35.8. The van der Waals surface area contributed by atoms with Crippen LogP contribution in [-0.2, 0) is 10.0 Å². The van der Waals surface area contributed by atoms with Gasteiger partial charge in [-0.3, -0.25) is 10.1 Å². The molecule has 1 saturated heterocycles. The van der Waals surface area contributed by atoms with Gasteiger partial charge in [-0.15, -0.1) is 0 Å². The van der Waals surface area contributed by atoms with Crippen LogP contribution in [0, 0.1) is 21.8 Å². The minimum atomic E-state index is -4.01. The molecule has 0 bridgehead atoms. The first-order valence-corrected chi connectivity index (χ1v) is 9.84. The van der Waals surface area contributed by atoms with Gasteiger partial charge in [-0.05, 0) is 48.7 Å². The highest BCUT2D eigenvalue weighted by molar-refractivity contribution is 7.89. The zero-order valence-corrected chi connectivity index (χ0v) is 15.2. The Balaban J connectivity index is 1.66. The van der Waals surface area contributed by atoms with Gasteiger partial charge >= 0.3 is 0 Å². The van der Waals surface area contributed by atoms with Crippen molar-refractivity contribution in [1.29, 1.82) is 0 Å². The fourth-order valence-electron chi connectivity index (χ4n) is 3.13. The molecule has 8 nitrogen and oxygen atoms in total. The topological polar surface area (TPSA) is 119 Å². The Kier molecular flexibility index (Phi) is 5.29. The van der Waals surface area contributed by atoms with E-state index in [0.717, 1.165) is 31.3 Å². The van der Waals surface area contributed by atoms with Crippen LogP contribution in [0.15, 0.2) is 47.4 Å². The Morgan fingerprint density at radius 3 is 2.59 bits per heavy atom. The Morgan fingerprint density at radius 2 is 1.96 bits per heavy atom. The second-order valence-electron chi connectivity index (χ2n) is 6.44. The van der Waals surface area contributed by atoms with Crippen molar-refractivity contribution >= 4 is 27.1 Å². The van der Waals surface area contributed by atoms with Crippen molar-refractivity contribution in [2.24, 2.45) is 11.1 Å². The highest BCUT2D eigenvalue weighted by Crippen LogP contribution is 2.29. The van der Waals surface area contributed by atoms with Crippen LogP contribution in [0.2, 0.25) is 0 Å². The monoisotopic (exact) mass is 394 g/mol. The van der Waals surface area contributed by atoms with Gasteiger partial charge in [-0.2, -0.15) is 0 Å². The third-order valence-corrected chi connectivity index (χ3v) is 5.46. The molecule has 0 saturated carbocycles. The van der Waals surface area contributed by atoms with E-state index >= 15 is 0 Å². The van der Waals surface area contributed by atoms with Crippen LogP contribution in [0.25, 0.3) is 0 Å². The number of hydrogen-bond acceptors (Lipinski definition) is 6. The van der Waals surface area contributed by atoms with Crippen LogP contribution in [0.1, 0.15) is 6.42 Å². The highest BCUT2D eigenvalue weighted by atomic mass is 32.2. The molecule has 3 rings (SSSR count). The number of benzene rings is 2. The Morgan fingerprint density at radius 1 is 1.26 bits per heavy atom. The summed E-state index contributed by atoms with van der Waals surface area (Å²) >= 11 is 0. The molecule has 2 aromatic carbocycles. The maximum Gasteiger partial charge on any atom is 0.293 e. The number of primary sulfonamides is 1. The lowest BCUT2D eigenvalue weighted by molar-refractivity contribution is -0.384. The maximum absolute atomic E-state index is 13.0. The molecule has 1 unspecified atom stereocenters. The number of nitrogens with one attached hydrogen (secondary N) is 1. The van der Waals surface area contributed by atoms with Gasteiger partial charge in [-0.25, -0.2) is 17.9 Å². The molecule has 2 aromatic rings. The number of anilines is 2. The van der Waals surface area contributed by atoms with Crippen molar-refractivity contribution < 1.29 is 17.7 Å². The third-order valence-electron chi connectivity index (χ3n) is 4.55. The number of halogens is 1. The Hall–Kier alpha value is -2.72. The quantitative estimate of drug-likeness (QED) is 0.573. The molecule has 3 N–H and O–H groups in total. The molecule has 144 valence electrons. The van der Waals surface area contributed by atoms with E-state index in [2.05, 4.69) is 10.2 Å². The van der Waals surface area contributed by atoms with Crippen molar-refractivity contribution in [3.8, 4) is 0 Å². The number of sulfonamides is 1. The van der Waals surface area contributed by atoms with Gasteiger partial charge in [0.25, 0.3) is 5.69 Å².